The van der Waals surface area contributed by atoms with E-state index in [0.717, 1.165) is 16.4 Å². The van der Waals surface area contributed by atoms with E-state index in [1.807, 2.05) is 0 Å². The number of nitrogens with zero attached hydrogens (tertiary/aromatic N) is 1. The van der Waals surface area contributed by atoms with Crippen molar-refractivity contribution in [1.29, 1.82) is 0 Å². The largest absolute Gasteiger partial charge is 0.497 e. The monoisotopic (exact) mass is 327 g/mol. The lowest BCUT2D eigenvalue weighted by Gasteiger charge is -2.23. The van der Waals surface area contributed by atoms with Crippen LogP contribution in [0.25, 0.3) is 0 Å². The highest BCUT2D eigenvalue weighted by molar-refractivity contribution is 7.92. The van der Waals surface area contributed by atoms with Gasteiger partial charge in [0.1, 0.15) is 17.4 Å². The Balaban J connectivity index is 2.48. The van der Waals surface area contributed by atoms with Crippen molar-refractivity contribution in [2.45, 2.75) is 11.8 Å². The molecule has 118 valence electrons. The van der Waals surface area contributed by atoms with E-state index in [4.69, 9.17) is 4.74 Å². The Kier molecular flexibility index (Phi) is 4.65. The minimum absolute atomic E-state index is 0.00104. The van der Waals surface area contributed by atoms with Gasteiger partial charge in [0, 0.05) is 12.6 Å². The zero-order valence-corrected chi connectivity index (χ0v) is 12.9. The van der Waals surface area contributed by atoms with Gasteiger partial charge in [-0.25, -0.2) is 17.2 Å². The number of halogens is 2. The van der Waals surface area contributed by atoms with Crippen molar-refractivity contribution >= 4 is 15.7 Å². The van der Waals surface area contributed by atoms with Crippen molar-refractivity contribution < 1.29 is 21.9 Å². The molecule has 4 nitrogen and oxygen atoms in total. The minimum atomic E-state index is -3.95. The number of hydrogen-bond acceptors (Lipinski definition) is 3. The van der Waals surface area contributed by atoms with Crippen molar-refractivity contribution in [1.82, 2.24) is 0 Å². The zero-order chi connectivity index (χ0) is 16.3. The predicted molar refractivity (Wildman–Crippen MR) is 79.6 cm³/mol. The molecule has 2 aromatic carbocycles. The lowest BCUT2D eigenvalue weighted by atomic mass is 10.3. The fourth-order valence-corrected chi connectivity index (χ4v) is 3.51. The molecule has 0 saturated carbocycles. The van der Waals surface area contributed by atoms with Crippen molar-refractivity contribution in [3.63, 3.8) is 0 Å². The molecule has 0 aliphatic rings. The van der Waals surface area contributed by atoms with Gasteiger partial charge in [-0.05, 0) is 43.3 Å². The molecule has 2 aromatic rings. The van der Waals surface area contributed by atoms with Crippen molar-refractivity contribution in [3.05, 3.63) is 54.1 Å². The summed E-state index contributed by atoms with van der Waals surface area (Å²) in [6.45, 7) is 1.58. The van der Waals surface area contributed by atoms with Gasteiger partial charge in [-0.2, -0.15) is 0 Å². The molecule has 7 heteroatoms. The number of hydrogen-bond donors (Lipinski definition) is 0. The zero-order valence-electron chi connectivity index (χ0n) is 12.1. The van der Waals surface area contributed by atoms with E-state index >= 15 is 0 Å². The van der Waals surface area contributed by atoms with Crippen LogP contribution in [0.3, 0.4) is 0 Å². The normalized spacial score (nSPS) is 11.3. The molecule has 0 N–H and O–H groups in total. The van der Waals surface area contributed by atoms with Crippen LogP contribution in [-0.2, 0) is 10.0 Å². The van der Waals surface area contributed by atoms with Gasteiger partial charge in [0.05, 0.1) is 17.7 Å². The summed E-state index contributed by atoms with van der Waals surface area (Å²) in [4.78, 5) is -0.00104. The standard InChI is InChI=1S/C15H15F2NO3S/c1-3-18(15-9-4-11(16)10-14(15)17)22(19,20)13-7-5-12(21-2)6-8-13/h4-10H,3H2,1-2H3. The highest BCUT2D eigenvalue weighted by Gasteiger charge is 2.26. The van der Waals surface area contributed by atoms with E-state index in [9.17, 15) is 17.2 Å². The Hall–Kier alpha value is -2.15. The number of rotatable bonds is 5. The summed E-state index contributed by atoms with van der Waals surface area (Å²) in [5, 5.41) is 0. The third kappa shape index (κ3) is 3.04. The topological polar surface area (TPSA) is 46.6 Å². The van der Waals surface area contributed by atoms with Crippen molar-refractivity contribution in [2.75, 3.05) is 18.0 Å². The summed E-state index contributed by atoms with van der Waals surface area (Å²) in [6.07, 6.45) is 0. The Bertz CT molecular complexity index is 761. The molecular formula is C15H15F2NO3S. The minimum Gasteiger partial charge on any atom is -0.497 e. The number of methoxy groups -OCH3 is 1. The van der Waals surface area contributed by atoms with Gasteiger partial charge < -0.3 is 4.74 Å². The average Bonchev–Trinajstić information content (AvgIpc) is 2.50. The molecule has 0 aromatic heterocycles. The Labute approximate surface area is 128 Å². The second-order valence-corrected chi connectivity index (χ2v) is 6.30. The molecule has 0 fully saturated rings. The average molecular weight is 327 g/mol. The molecule has 2 rings (SSSR count). The van der Waals surface area contributed by atoms with Crippen molar-refractivity contribution in [2.24, 2.45) is 0 Å². The summed E-state index contributed by atoms with van der Waals surface area (Å²) in [7, 11) is -2.48. The first kappa shape index (κ1) is 16.2. The maximum absolute atomic E-state index is 13.9. The first-order valence-electron chi connectivity index (χ1n) is 6.52. The van der Waals surface area contributed by atoms with Crippen molar-refractivity contribution in [3.8, 4) is 5.75 Å². The van der Waals surface area contributed by atoms with Gasteiger partial charge in [0.25, 0.3) is 10.0 Å². The van der Waals surface area contributed by atoms with Gasteiger partial charge in [0.15, 0.2) is 0 Å². The van der Waals surface area contributed by atoms with Gasteiger partial charge in [-0.1, -0.05) is 0 Å². The SMILES string of the molecule is CCN(c1ccc(F)cc1F)S(=O)(=O)c1ccc(OC)cc1. The predicted octanol–water partition coefficient (Wildman–Crippen LogP) is 3.19. The highest BCUT2D eigenvalue weighted by Crippen LogP contribution is 2.27. The van der Waals surface area contributed by atoms with E-state index in [0.29, 0.717) is 11.8 Å². The van der Waals surface area contributed by atoms with E-state index in [1.165, 1.54) is 31.4 Å². The summed E-state index contributed by atoms with van der Waals surface area (Å²) in [6, 6.07) is 8.53. The van der Waals surface area contributed by atoms with Crippen LogP contribution in [0.15, 0.2) is 47.4 Å². The van der Waals surface area contributed by atoms with Gasteiger partial charge >= 0.3 is 0 Å². The number of sulfonamides is 1. The number of ether oxygens (including phenoxy) is 1. The third-order valence-corrected chi connectivity index (χ3v) is 5.02. The summed E-state index contributed by atoms with van der Waals surface area (Å²) >= 11 is 0. The second-order valence-electron chi connectivity index (χ2n) is 4.44. The van der Waals surface area contributed by atoms with Crippen LogP contribution in [-0.4, -0.2) is 22.1 Å². The molecular weight excluding hydrogens is 312 g/mol. The molecule has 0 unspecified atom stereocenters. The van der Waals surface area contributed by atoms with Crippen LogP contribution in [0.1, 0.15) is 6.92 Å². The molecule has 0 aliphatic carbocycles. The number of anilines is 1. The maximum Gasteiger partial charge on any atom is 0.264 e. The molecule has 0 amide bonds. The molecule has 22 heavy (non-hydrogen) atoms. The Morgan fingerprint density at radius 1 is 1.09 bits per heavy atom. The lowest BCUT2D eigenvalue weighted by molar-refractivity contribution is 0.414. The molecule has 0 radical (unpaired) electrons. The van der Waals surface area contributed by atoms with E-state index < -0.39 is 21.7 Å². The summed E-state index contributed by atoms with van der Waals surface area (Å²) in [5.41, 5.74) is -0.195. The quantitative estimate of drug-likeness (QED) is 0.847. The fourth-order valence-electron chi connectivity index (χ4n) is 2.03. The van der Waals surface area contributed by atoms with E-state index in [1.54, 1.807) is 6.92 Å². The Morgan fingerprint density at radius 3 is 2.23 bits per heavy atom. The van der Waals surface area contributed by atoms with Crippen LogP contribution in [0, 0.1) is 11.6 Å². The molecule has 0 aliphatic heterocycles. The maximum atomic E-state index is 13.9. The van der Waals surface area contributed by atoms with Gasteiger partial charge in [-0.3, -0.25) is 4.31 Å². The van der Waals surface area contributed by atoms with Gasteiger partial charge in [-0.15, -0.1) is 0 Å². The Morgan fingerprint density at radius 2 is 1.73 bits per heavy atom. The molecule has 0 bridgehead atoms. The molecule has 0 saturated heterocycles. The summed E-state index contributed by atoms with van der Waals surface area (Å²) in [5.74, 6) is -1.19. The highest BCUT2D eigenvalue weighted by atomic mass is 32.2. The van der Waals surface area contributed by atoms with Crippen LogP contribution < -0.4 is 9.04 Å². The van der Waals surface area contributed by atoms with E-state index in [-0.39, 0.29) is 17.1 Å². The van der Waals surface area contributed by atoms with Gasteiger partial charge in [0.2, 0.25) is 0 Å². The van der Waals surface area contributed by atoms with Crippen LogP contribution in [0.5, 0.6) is 5.75 Å². The number of benzene rings is 2. The first-order chi connectivity index (χ1) is 10.4. The fraction of sp³-hybridized carbons (Fsp3) is 0.200. The molecule has 0 heterocycles. The first-order valence-corrected chi connectivity index (χ1v) is 7.96. The molecule has 0 spiro atoms. The summed E-state index contributed by atoms with van der Waals surface area (Å²) < 4.78 is 58.0. The van der Waals surface area contributed by atoms with E-state index in [2.05, 4.69) is 0 Å². The molecule has 0 atom stereocenters. The van der Waals surface area contributed by atoms with Crippen LogP contribution in [0.2, 0.25) is 0 Å². The van der Waals surface area contributed by atoms with Crippen LogP contribution >= 0.6 is 0 Å². The smallest absolute Gasteiger partial charge is 0.264 e. The third-order valence-electron chi connectivity index (χ3n) is 3.11. The second kappa shape index (κ2) is 6.31. The van der Waals surface area contributed by atoms with Crippen LogP contribution in [0.4, 0.5) is 14.5 Å². The lowest BCUT2D eigenvalue weighted by Crippen LogP contribution is -2.31.